The van der Waals surface area contributed by atoms with Crippen LogP contribution in [0.4, 0.5) is 5.69 Å². The number of benzene rings is 2. The van der Waals surface area contributed by atoms with Crippen LogP contribution in [-0.2, 0) is 0 Å². The molecule has 1 aromatic heterocycles. The molecular weight excluding hydrogens is 356 g/mol. The lowest BCUT2D eigenvalue weighted by molar-refractivity contribution is 0.0938. The zero-order valence-electron chi connectivity index (χ0n) is 16.0. The van der Waals surface area contributed by atoms with Crippen LogP contribution in [0, 0.1) is 6.92 Å². The Morgan fingerprint density at radius 2 is 1.61 bits per heavy atom. The number of nitrogens with one attached hydrogen (secondary N) is 2. The Morgan fingerprint density at radius 3 is 2.18 bits per heavy atom. The smallest absolute Gasteiger partial charge is 0.257 e. The number of rotatable bonds is 6. The number of carbonyl (C=O) groups excluding carboxylic acids is 2. The summed E-state index contributed by atoms with van der Waals surface area (Å²) in [5, 5.41) is 9.48. The normalized spacial score (nSPS) is 11.7. The van der Waals surface area contributed by atoms with E-state index in [1.54, 1.807) is 55.5 Å². The molecule has 1 unspecified atom stereocenters. The van der Waals surface area contributed by atoms with E-state index < -0.39 is 0 Å². The monoisotopic (exact) mass is 378 g/mol. The predicted octanol–water partition coefficient (Wildman–Crippen LogP) is 3.83. The van der Waals surface area contributed by atoms with Crippen molar-refractivity contribution in [2.45, 2.75) is 33.2 Å². The first-order valence-corrected chi connectivity index (χ1v) is 9.09. The maximum atomic E-state index is 12.4. The molecule has 1 heterocycles. The van der Waals surface area contributed by atoms with Crippen LogP contribution in [0.25, 0.3) is 11.5 Å². The van der Waals surface area contributed by atoms with Crippen molar-refractivity contribution >= 4 is 17.5 Å². The number of anilines is 1. The molecule has 2 aromatic carbocycles. The van der Waals surface area contributed by atoms with Gasteiger partial charge >= 0.3 is 0 Å². The summed E-state index contributed by atoms with van der Waals surface area (Å²) < 4.78 is 5.11. The Hall–Kier alpha value is -3.48. The lowest BCUT2D eigenvalue weighted by Crippen LogP contribution is -2.31. The van der Waals surface area contributed by atoms with Gasteiger partial charge in [-0.1, -0.05) is 12.1 Å². The molecular formula is C21H22N4O3. The van der Waals surface area contributed by atoms with E-state index in [1.807, 2.05) is 13.8 Å². The summed E-state index contributed by atoms with van der Waals surface area (Å²) in [7, 11) is 0. The number of hydrogen-bond donors (Lipinski definition) is 2. The van der Waals surface area contributed by atoms with Gasteiger partial charge in [0.05, 0.1) is 0 Å². The Kier molecular flexibility index (Phi) is 5.84. The highest BCUT2D eigenvalue weighted by Crippen LogP contribution is 2.18. The van der Waals surface area contributed by atoms with Gasteiger partial charge in [0.1, 0.15) is 0 Å². The van der Waals surface area contributed by atoms with Crippen LogP contribution >= 0.6 is 0 Å². The number of hydrogen-bond acceptors (Lipinski definition) is 5. The summed E-state index contributed by atoms with van der Waals surface area (Å²) >= 11 is 0. The van der Waals surface area contributed by atoms with E-state index in [4.69, 9.17) is 4.52 Å². The Balaban J connectivity index is 1.63. The molecule has 7 nitrogen and oxygen atoms in total. The van der Waals surface area contributed by atoms with E-state index in [2.05, 4.69) is 20.8 Å². The van der Waals surface area contributed by atoms with E-state index >= 15 is 0 Å². The molecule has 0 radical (unpaired) electrons. The minimum atomic E-state index is -0.245. The summed E-state index contributed by atoms with van der Waals surface area (Å²) in [6.07, 6.45) is 0.866. The van der Waals surface area contributed by atoms with Gasteiger partial charge in [0.15, 0.2) is 5.82 Å². The number of aryl methyl sites for hydroxylation is 1. The second kappa shape index (κ2) is 8.47. The van der Waals surface area contributed by atoms with Crippen molar-refractivity contribution in [1.82, 2.24) is 15.5 Å². The molecule has 0 aliphatic rings. The van der Waals surface area contributed by atoms with Crippen molar-refractivity contribution in [2.75, 3.05) is 5.32 Å². The molecule has 0 saturated carbocycles. The van der Waals surface area contributed by atoms with Crippen molar-refractivity contribution in [3.8, 4) is 11.5 Å². The summed E-state index contributed by atoms with van der Waals surface area (Å²) in [6, 6.07) is 13.8. The fourth-order valence-corrected chi connectivity index (χ4v) is 2.50. The lowest BCUT2D eigenvalue weighted by atomic mass is 10.1. The molecule has 0 aliphatic heterocycles. The van der Waals surface area contributed by atoms with Crippen molar-refractivity contribution in [1.29, 1.82) is 0 Å². The first kappa shape index (κ1) is 19.3. The Bertz CT molecular complexity index is 962. The Morgan fingerprint density at radius 1 is 1.00 bits per heavy atom. The van der Waals surface area contributed by atoms with Crippen molar-refractivity contribution in [2.24, 2.45) is 0 Å². The SMILES string of the molecule is CCC(C)NC(=O)c1ccc(NC(=O)c2ccc(-c3nc(C)no3)cc2)cc1. The van der Waals surface area contributed by atoms with Crippen LogP contribution in [0.2, 0.25) is 0 Å². The summed E-state index contributed by atoms with van der Waals surface area (Å²) in [5.41, 5.74) is 2.41. The molecule has 3 rings (SSSR count). The largest absolute Gasteiger partial charge is 0.350 e. The van der Waals surface area contributed by atoms with Gasteiger partial charge in [0.2, 0.25) is 0 Å². The van der Waals surface area contributed by atoms with Crippen LogP contribution in [0.5, 0.6) is 0 Å². The Labute approximate surface area is 163 Å². The molecule has 0 aliphatic carbocycles. The zero-order valence-corrected chi connectivity index (χ0v) is 16.0. The fourth-order valence-electron chi connectivity index (χ4n) is 2.50. The third-order valence-electron chi connectivity index (χ3n) is 4.32. The third-order valence-corrected chi connectivity index (χ3v) is 4.32. The van der Waals surface area contributed by atoms with Gasteiger partial charge in [-0.25, -0.2) is 0 Å². The summed E-state index contributed by atoms with van der Waals surface area (Å²) in [5.74, 6) is 0.595. The predicted molar refractivity (Wildman–Crippen MR) is 106 cm³/mol. The van der Waals surface area contributed by atoms with Gasteiger partial charge in [0, 0.05) is 28.4 Å². The molecule has 0 fully saturated rings. The highest BCUT2D eigenvalue weighted by molar-refractivity contribution is 6.04. The number of carbonyl (C=O) groups is 2. The molecule has 28 heavy (non-hydrogen) atoms. The second-order valence-corrected chi connectivity index (χ2v) is 6.54. The average molecular weight is 378 g/mol. The molecule has 3 aromatic rings. The third kappa shape index (κ3) is 4.62. The maximum Gasteiger partial charge on any atom is 0.257 e. The van der Waals surface area contributed by atoms with E-state index in [1.165, 1.54) is 0 Å². The van der Waals surface area contributed by atoms with E-state index in [0.717, 1.165) is 12.0 Å². The van der Waals surface area contributed by atoms with E-state index in [-0.39, 0.29) is 17.9 Å². The number of nitrogens with zero attached hydrogens (tertiary/aromatic N) is 2. The molecule has 1 atom stereocenters. The van der Waals surface area contributed by atoms with Crippen LogP contribution in [-0.4, -0.2) is 28.0 Å². The highest BCUT2D eigenvalue weighted by Gasteiger charge is 2.11. The quantitative estimate of drug-likeness (QED) is 0.679. The van der Waals surface area contributed by atoms with Gasteiger partial charge in [0.25, 0.3) is 17.7 Å². The topological polar surface area (TPSA) is 97.1 Å². The second-order valence-electron chi connectivity index (χ2n) is 6.54. The van der Waals surface area contributed by atoms with Crippen molar-refractivity contribution in [3.05, 3.63) is 65.5 Å². The molecule has 2 amide bonds. The molecule has 0 bridgehead atoms. The van der Waals surface area contributed by atoms with E-state index in [0.29, 0.717) is 28.5 Å². The molecule has 7 heteroatoms. The van der Waals surface area contributed by atoms with Crippen LogP contribution in [0.3, 0.4) is 0 Å². The number of aromatic nitrogens is 2. The van der Waals surface area contributed by atoms with Gasteiger partial charge in [-0.15, -0.1) is 0 Å². The number of amides is 2. The van der Waals surface area contributed by atoms with Crippen LogP contribution in [0.1, 0.15) is 46.8 Å². The molecule has 2 N–H and O–H groups in total. The standard InChI is InChI=1S/C21H22N4O3/c1-4-13(2)22-19(26)16-9-11-18(12-10-16)24-20(27)15-5-7-17(8-6-15)21-23-14(3)25-28-21/h5-13H,4H2,1-3H3,(H,22,26)(H,24,27). The fraction of sp³-hybridized carbons (Fsp3) is 0.238. The molecule has 0 saturated heterocycles. The minimum Gasteiger partial charge on any atom is -0.350 e. The first-order valence-electron chi connectivity index (χ1n) is 9.09. The highest BCUT2D eigenvalue weighted by atomic mass is 16.5. The van der Waals surface area contributed by atoms with Gasteiger partial charge in [-0.3, -0.25) is 9.59 Å². The minimum absolute atomic E-state index is 0.117. The van der Waals surface area contributed by atoms with E-state index in [9.17, 15) is 9.59 Å². The average Bonchev–Trinajstić information content (AvgIpc) is 3.14. The van der Waals surface area contributed by atoms with Crippen LogP contribution < -0.4 is 10.6 Å². The maximum absolute atomic E-state index is 12.4. The zero-order chi connectivity index (χ0) is 20.1. The van der Waals surface area contributed by atoms with Crippen molar-refractivity contribution < 1.29 is 14.1 Å². The van der Waals surface area contributed by atoms with Crippen molar-refractivity contribution in [3.63, 3.8) is 0 Å². The molecule has 0 spiro atoms. The molecule has 144 valence electrons. The summed E-state index contributed by atoms with van der Waals surface area (Å²) in [4.78, 5) is 28.7. The lowest BCUT2D eigenvalue weighted by Gasteiger charge is -2.12. The van der Waals surface area contributed by atoms with Gasteiger partial charge in [-0.05, 0) is 68.8 Å². The first-order chi connectivity index (χ1) is 13.5. The van der Waals surface area contributed by atoms with Gasteiger partial charge in [-0.2, -0.15) is 4.98 Å². The van der Waals surface area contributed by atoms with Gasteiger partial charge < -0.3 is 15.2 Å². The summed E-state index contributed by atoms with van der Waals surface area (Å²) in [6.45, 7) is 5.71. The van der Waals surface area contributed by atoms with Crippen LogP contribution in [0.15, 0.2) is 53.1 Å².